The summed E-state index contributed by atoms with van der Waals surface area (Å²) in [5.41, 5.74) is 2.31. The van der Waals surface area contributed by atoms with Crippen molar-refractivity contribution in [1.82, 2.24) is 9.78 Å². The summed E-state index contributed by atoms with van der Waals surface area (Å²) in [5.74, 6) is -0.170. The van der Waals surface area contributed by atoms with Gasteiger partial charge >= 0.3 is 0 Å². The van der Waals surface area contributed by atoms with Gasteiger partial charge in [0.05, 0.1) is 0 Å². The molecule has 15 heavy (non-hydrogen) atoms. The maximum Gasteiger partial charge on any atom is 0.154 e. The molecule has 0 saturated heterocycles. The Bertz CT molecular complexity index is 500. The number of benzene rings is 1. The Morgan fingerprint density at radius 2 is 2.20 bits per heavy atom. The molecule has 2 rings (SSSR count). The van der Waals surface area contributed by atoms with Crippen molar-refractivity contribution in [1.29, 1.82) is 0 Å². The lowest BCUT2D eigenvalue weighted by Crippen LogP contribution is -1.94. The Morgan fingerprint density at radius 3 is 2.87 bits per heavy atom. The SMILES string of the molecule is CCCc1cc2cn(C)nc2c(F)c1C. The largest absolute Gasteiger partial charge is 0.274 e. The zero-order chi connectivity index (χ0) is 11.0. The Hall–Kier alpha value is -1.38. The second kappa shape index (κ2) is 3.65. The highest BCUT2D eigenvalue weighted by Gasteiger charge is 2.11. The van der Waals surface area contributed by atoms with Crippen LogP contribution in [0.15, 0.2) is 12.3 Å². The fraction of sp³-hybridized carbons (Fsp3) is 0.417. The van der Waals surface area contributed by atoms with E-state index in [-0.39, 0.29) is 5.82 Å². The molecular formula is C12H15FN2. The van der Waals surface area contributed by atoms with E-state index in [0.717, 1.165) is 29.4 Å². The van der Waals surface area contributed by atoms with Gasteiger partial charge < -0.3 is 0 Å². The van der Waals surface area contributed by atoms with Gasteiger partial charge in [-0.1, -0.05) is 13.3 Å². The number of aromatic nitrogens is 2. The fourth-order valence-electron chi connectivity index (χ4n) is 1.93. The van der Waals surface area contributed by atoms with Crippen molar-refractivity contribution in [3.05, 3.63) is 29.2 Å². The highest BCUT2D eigenvalue weighted by Crippen LogP contribution is 2.23. The first kappa shape index (κ1) is 10.1. The van der Waals surface area contributed by atoms with Gasteiger partial charge in [0.1, 0.15) is 5.52 Å². The summed E-state index contributed by atoms with van der Waals surface area (Å²) in [6.07, 6.45) is 3.82. The third-order valence-corrected chi connectivity index (χ3v) is 2.72. The second-order valence-corrected chi connectivity index (χ2v) is 3.97. The van der Waals surface area contributed by atoms with Crippen molar-refractivity contribution >= 4 is 10.9 Å². The number of aryl methyl sites for hydroxylation is 2. The van der Waals surface area contributed by atoms with E-state index < -0.39 is 0 Å². The van der Waals surface area contributed by atoms with Crippen LogP contribution >= 0.6 is 0 Å². The van der Waals surface area contributed by atoms with E-state index in [9.17, 15) is 4.39 Å². The minimum Gasteiger partial charge on any atom is -0.274 e. The van der Waals surface area contributed by atoms with E-state index in [1.807, 2.05) is 26.2 Å². The number of hydrogen-bond donors (Lipinski definition) is 0. The van der Waals surface area contributed by atoms with Crippen LogP contribution in [0.1, 0.15) is 24.5 Å². The summed E-state index contributed by atoms with van der Waals surface area (Å²) in [7, 11) is 1.81. The standard InChI is InChI=1S/C12H15FN2/c1-4-5-9-6-10-7-15(3)14-12(10)11(13)8(9)2/h6-7H,4-5H2,1-3H3. The fourth-order valence-corrected chi connectivity index (χ4v) is 1.93. The average Bonchev–Trinajstić information content (AvgIpc) is 2.56. The molecule has 0 N–H and O–H groups in total. The summed E-state index contributed by atoms with van der Waals surface area (Å²) >= 11 is 0. The molecule has 2 nitrogen and oxygen atoms in total. The molecule has 2 aromatic rings. The highest BCUT2D eigenvalue weighted by molar-refractivity contribution is 5.80. The number of hydrogen-bond acceptors (Lipinski definition) is 1. The predicted octanol–water partition coefficient (Wildman–Crippen LogP) is 2.97. The zero-order valence-electron chi connectivity index (χ0n) is 9.34. The van der Waals surface area contributed by atoms with Crippen molar-refractivity contribution in [3.63, 3.8) is 0 Å². The summed E-state index contributed by atoms with van der Waals surface area (Å²) in [6, 6.07) is 2.05. The Labute approximate surface area is 88.7 Å². The predicted molar refractivity (Wildman–Crippen MR) is 59.4 cm³/mol. The van der Waals surface area contributed by atoms with E-state index in [1.54, 1.807) is 4.68 Å². The number of nitrogens with zero attached hydrogens (tertiary/aromatic N) is 2. The van der Waals surface area contributed by atoms with E-state index >= 15 is 0 Å². The zero-order valence-corrected chi connectivity index (χ0v) is 9.34. The van der Waals surface area contributed by atoms with Crippen molar-refractivity contribution < 1.29 is 4.39 Å². The van der Waals surface area contributed by atoms with E-state index in [2.05, 4.69) is 12.0 Å². The van der Waals surface area contributed by atoms with E-state index in [0.29, 0.717) is 5.52 Å². The molecule has 1 aromatic carbocycles. The van der Waals surface area contributed by atoms with Crippen molar-refractivity contribution in [2.45, 2.75) is 26.7 Å². The monoisotopic (exact) mass is 206 g/mol. The van der Waals surface area contributed by atoms with Crippen molar-refractivity contribution in [2.75, 3.05) is 0 Å². The summed E-state index contributed by atoms with van der Waals surface area (Å²) in [4.78, 5) is 0. The molecule has 0 amide bonds. The lowest BCUT2D eigenvalue weighted by atomic mass is 10.0. The van der Waals surface area contributed by atoms with Gasteiger partial charge in [-0.2, -0.15) is 5.10 Å². The minimum atomic E-state index is -0.170. The summed E-state index contributed by atoms with van der Waals surface area (Å²) in [5, 5.41) is 5.01. The van der Waals surface area contributed by atoms with E-state index in [4.69, 9.17) is 0 Å². The topological polar surface area (TPSA) is 17.8 Å². The van der Waals surface area contributed by atoms with Crippen LogP contribution in [0, 0.1) is 12.7 Å². The molecule has 0 aliphatic carbocycles. The lowest BCUT2D eigenvalue weighted by molar-refractivity contribution is 0.620. The molecule has 0 unspecified atom stereocenters. The Balaban J connectivity index is 2.70. The molecular weight excluding hydrogens is 191 g/mol. The molecule has 0 atom stereocenters. The molecule has 0 aliphatic rings. The van der Waals surface area contributed by atoms with Crippen LogP contribution in [0.5, 0.6) is 0 Å². The van der Waals surface area contributed by atoms with Crippen LogP contribution in [-0.2, 0) is 13.5 Å². The molecule has 1 aromatic heterocycles. The van der Waals surface area contributed by atoms with E-state index in [1.165, 1.54) is 0 Å². The summed E-state index contributed by atoms with van der Waals surface area (Å²) < 4.78 is 15.6. The summed E-state index contributed by atoms with van der Waals surface area (Å²) in [6.45, 7) is 3.93. The molecule has 80 valence electrons. The van der Waals surface area contributed by atoms with Crippen LogP contribution < -0.4 is 0 Å². The maximum atomic E-state index is 13.9. The van der Waals surface area contributed by atoms with Crippen molar-refractivity contribution in [3.8, 4) is 0 Å². The first-order chi connectivity index (χ1) is 7.13. The van der Waals surface area contributed by atoms with Crippen LogP contribution in [0.25, 0.3) is 10.9 Å². The lowest BCUT2D eigenvalue weighted by Gasteiger charge is -2.05. The third kappa shape index (κ3) is 1.62. The molecule has 0 aliphatic heterocycles. The van der Waals surface area contributed by atoms with Crippen LogP contribution in [-0.4, -0.2) is 9.78 Å². The van der Waals surface area contributed by atoms with Crippen LogP contribution in [0.3, 0.4) is 0 Å². The van der Waals surface area contributed by atoms with Crippen LogP contribution in [0.2, 0.25) is 0 Å². The minimum absolute atomic E-state index is 0.170. The number of rotatable bonds is 2. The first-order valence-corrected chi connectivity index (χ1v) is 5.24. The Morgan fingerprint density at radius 1 is 1.47 bits per heavy atom. The third-order valence-electron chi connectivity index (χ3n) is 2.72. The molecule has 0 bridgehead atoms. The molecule has 3 heteroatoms. The average molecular weight is 206 g/mol. The van der Waals surface area contributed by atoms with Gasteiger partial charge in [0.2, 0.25) is 0 Å². The normalized spacial score (nSPS) is 11.2. The van der Waals surface area contributed by atoms with Gasteiger partial charge in [-0.15, -0.1) is 0 Å². The second-order valence-electron chi connectivity index (χ2n) is 3.97. The highest BCUT2D eigenvalue weighted by atomic mass is 19.1. The van der Waals surface area contributed by atoms with Gasteiger partial charge in [-0.05, 0) is 30.5 Å². The van der Waals surface area contributed by atoms with Crippen LogP contribution in [0.4, 0.5) is 4.39 Å². The van der Waals surface area contributed by atoms with Gasteiger partial charge in [0, 0.05) is 18.6 Å². The quantitative estimate of drug-likeness (QED) is 0.738. The number of fused-ring (bicyclic) bond motifs is 1. The maximum absolute atomic E-state index is 13.9. The van der Waals surface area contributed by atoms with Gasteiger partial charge in [0.25, 0.3) is 0 Å². The van der Waals surface area contributed by atoms with Gasteiger partial charge in [-0.3, -0.25) is 4.68 Å². The first-order valence-electron chi connectivity index (χ1n) is 5.24. The molecule has 0 fully saturated rings. The molecule has 0 radical (unpaired) electrons. The molecule has 1 heterocycles. The molecule has 0 spiro atoms. The number of halogens is 1. The Kier molecular flexibility index (Phi) is 2.47. The van der Waals surface area contributed by atoms with Gasteiger partial charge in [0.15, 0.2) is 5.82 Å². The molecule has 0 saturated carbocycles. The van der Waals surface area contributed by atoms with Gasteiger partial charge in [-0.25, -0.2) is 4.39 Å². The smallest absolute Gasteiger partial charge is 0.154 e. The van der Waals surface area contributed by atoms with Crippen molar-refractivity contribution in [2.24, 2.45) is 7.05 Å².